The normalized spacial score (nSPS) is 9.83. The van der Waals surface area contributed by atoms with Crippen molar-refractivity contribution in [3.63, 3.8) is 0 Å². The van der Waals surface area contributed by atoms with E-state index in [-0.39, 0.29) is 10.8 Å². The number of nitrogens with two attached hydrogens (primary N) is 2. The third-order valence-corrected chi connectivity index (χ3v) is 2.02. The van der Waals surface area contributed by atoms with Gasteiger partial charge in [-0.3, -0.25) is 14.4 Å². The Bertz CT molecular complexity index is 460. The van der Waals surface area contributed by atoms with Crippen molar-refractivity contribution in [1.82, 2.24) is 14.9 Å². The Kier molecular flexibility index (Phi) is 4.55. The standard InChI is InChI=1S/C9H10ClN5O3/c10-6-2-13-5(1-14-6)9(18)15(3-7(11)16)4-8(12)17/h1-2H,3-4H2,(H2,11,16)(H2,12,17). The molecule has 0 saturated heterocycles. The second-order valence-electron chi connectivity index (χ2n) is 3.32. The maximum atomic E-state index is 11.9. The molecule has 0 aromatic carbocycles. The lowest BCUT2D eigenvalue weighted by atomic mass is 10.3. The minimum absolute atomic E-state index is 0.0677. The minimum atomic E-state index is -0.772. The molecule has 0 aliphatic rings. The first kappa shape index (κ1) is 13.8. The number of carbonyl (C=O) groups is 3. The van der Waals surface area contributed by atoms with Crippen molar-refractivity contribution in [3.05, 3.63) is 23.2 Å². The average Bonchev–Trinajstić information content (AvgIpc) is 2.27. The molecule has 1 rings (SSSR count). The van der Waals surface area contributed by atoms with Crippen molar-refractivity contribution in [2.75, 3.05) is 13.1 Å². The molecule has 3 amide bonds. The summed E-state index contributed by atoms with van der Waals surface area (Å²) in [7, 11) is 0. The van der Waals surface area contributed by atoms with E-state index in [9.17, 15) is 14.4 Å². The van der Waals surface area contributed by atoms with Crippen LogP contribution in [0.2, 0.25) is 5.15 Å². The molecule has 0 atom stereocenters. The Morgan fingerprint density at radius 2 is 1.67 bits per heavy atom. The second kappa shape index (κ2) is 5.92. The molecule has 0 saturated carbocycles. The van der Waals surface area contributed by atoms with Gasteiger partial charge in [0.2, 0.25) is 11.8 Å². The van der Waals surface area contributed by atoms with Gasteiger partial charge < -0.3 is 16.4 Å². The maximum absolute atomic E-state index is 11.9. The van der Waals surface area contributed by atoms with E-state index in [0.717, 1.165) is 11.1 Å². The number of amides is 3. The summed E-state index contributed by atoms with van der Waals surface area (Å²) in [5.41, 5.74) is 9.87. The van der Waals surface area contributed by atoms with E-state index < -0.39 is 30.8 Å². The van der Waals surface area contributed by atoms with Crippen LogP contribution in [0.3, 0.4) is 0 Å². The highest BCUT2D eigenvalue weighted by atomic mass is 35.5. The van der Waals surface area contributed by atoms with Gasteiger partial charge in [-0.2, -0.15) is 0 Å². The van der Waals surface area contributed by atoms with E-state index in [4.69, 9.17) is 23.1 Å². The third-order valence-electron chi connectivity index (χ3n) is 1.82. The molecule has 0 radical (unpaired) electrons. The van der Waals surface area contributed by atoms with Gasteiger partial charge in [0.1, 0.15) is 23.9 Å². The second-order valence-corrected chi connectivity index (χ2v) is 3.71. The molecule has 8 nitrogen and oxygen atoms in total. The summed E-state index contributed by atoms with van der Waals surface area (Å²) in [6.07, 6.45) is 2.29. The summed E-state index contributed by atoms with van der Waals surface area (Å²) in [4.78, 5) is 41.8. The van der Waals surface area contributed by atoms with Crippen molar-refractivity contribution in [1.29, 1.82) is 0 Å². The number of rotatable bonds is 5. The van der Waals surface area contributed by atoms with Crippen LogP contribution >= 0.6 is 11.6 Å². The van der Waals surface area contributed by atoms with E-state index in [1.54, 1.807) is 0 Å². The molecular formula is C9H10ClN5O3. The fraction of sp³-hybridized carbons (Fsp3) is 0.222. The lowest BCUT2D eigenvalue weighted by Gasteiger charge is -2.18. The zero-order valence-corrected chi connectivity index (χ0v) is 9.92. The first-order valence-corrected chi connectivity index (χ1v) is 5.11. The first-order chi connectivity index (χ1) is 8.40. The number of hydrogen-bond acceptors (Lipinski definition) is 5. The van der Waals surface area contributed by atoms with E-state index in [0.29, 0.717) is 0 Å². The van der Waals surface area contributed by atoms with Gasteiger partial charge in [0, 0.05) is 0 Å². The number of nitrogens with zero attached hydrogens (tertiary/aromatic N) is 3. The predicted molar refractivity (Wildman–Crippen MR) is 61.3 cm³/mol. The number of aromatic nitrogens is 2. The van der Waals surface area contributed by atoms with Crippen molar-refractivity contribution in [3.8, 4) is 0 Å². The molecule has 0 spiro atoms. The summed E-state index contributed by atoms with van der Waals surface area (Å²) in [5.74, 6) is -2.23. The molecule has 0 bridgehead atoms. The van der Waals surface area contributed by atoms with Crippen LogP contribution in [0.4, 0.5) is 0 Å². The Morgan fingerprint density at radius 3 is 2.06 bits per heavy atom. The number of halogens is 1. The average molecular weight is 272 g/mol. The lowest BCUT2D eigenvalue weighted by Crippen LogP contribution is -2.43. The summed E-state index contributed by atoms with van der Waals surface area (Å²) in [6.45, 7) is -0.877. The monoisotopic (exact) mass is 271 g/mol. The lowest BCUT2D eigenvalue weighted by molar-refractivity contribution is -0.121. The minimum Gasteiger partial charge on any atom is -0.368 e. The first-order valence-electron chi connectivity index (χ1n) is 4.73. The van der Waals surface area contributed by atoms with Crippen LogP contribution in [0.25, 0.3) is 0 Å². The third kappa shape index (κ3) is 3.98. The van der Waals surface area contributed by atoms with Crippen LogP contribution < -0.4 is 11.5 Å². The quantitative estimate of drug-likeness (QED) is 0.675. The molecule has 1 aromatic heterocycles. The van der Waals surface area contributed by atoms with E-state index >= 15 is 0 Å². The molecule has 1 heterocycles. The molecule has 1 aromatic rings. The zero-order chi connectivity index (χ0) is 13.7. The Balaban J connectivity index is 2.90. The molecule has 9 heteroatoms. The highest BCUT2D eigenvalue weighted by Gasteiger charge is 2.20. The van der Waals surface area contributed by atoms with Crippen LogP contribution in [0.5, 0.6) is 0 Å². The number of hydrogen-bond donors (Lipinski definition) is 2. The summed E-state index contributed by atoms with van der Waals surface area (Å²) < 4.78 is 0. The Labute approximate surface area is 107 Å². The molecule has 4 N–H and O–H groups in total. The molecule has 0 unspecified atom stereocenters. The largest absolute Gasteiger partial charge is 0.368 e. The van der Waals surface area contributed by atoms with Gasteiger partial charge in [0.05, 0.1) is 12.4 Å². The van der Waals surface area contributed by atoms with Crippen molar-refractivity contribution in [2.45, 2.75) is 0 Å². The summed E-state index contributed by atoms with van der Waals surface area (Å²) in [6, 6.07) is 0. The zero-order valence-electron chi connectivity index (χ0n) is 9.17. The predicted octanol–water partition coefficient (Wildman–Crippen LogP) is -1.46. The van der Waals surface area contributed by atoms with Crippen LogP contribution in [0.1, 0.15) is 10.5 Å². The highest BCUT2D eigenvalue weighted by molar-refractivity contribution is 6.29. The Hall–Kier alpha value is -2.22. The number of primary amides is 2. The van der Waals surface area contributed by atoms with Gasteiger partial charge in [-0.25, -0.2) is 9.97 Å². The van der Waals surface area contributed by atoms with Crippen LogP contribution in [0, 0.1) is 0 Å². The van der Waals surface area contributed by atoms with E-state index in [1.807, 2.05) is 0 Å². The van der Waals surface area contributed by atoms with Gasteiger partial charge in [-0.15, -0.1) is 0 Å². The summed E-state index contributed by atoms with van der Waals surface area (Å²) >= 11 is 5.52. The Morgan fingerprint density at radius 1 is 1.11 bits per heavy atom. The smallest absolute Gasteiger partial charge is 0.274 e. The van der Waals surface area contributed by atoms with Gasteiger partial charge in [-0.1, -0.05) is 11.6 Å². The van der Waals surface area contributed by atoms with E-state index in [2.05, 4.69) is 9.97 Å². The van der Waals surface area contributed by atoms with Crippen molar-refractivity contribution in [2.24, 2.45) is 11.5 Å². The van der Waals surface area contributed by atoms with Gasteiger partial charge >= 0.3 is 0 Å². The molecular weight excluding hydrogens is 262 g/mol. The van der Waals surface area contributed by atoms with Gasteiger partial charge in [0.15, 0.2) is 0 Å². The van der Waals surface area contributed by atoms with Crippen LogP contribution in [-0.4, -0.2) is 45.7 Å². The molecule has 0 aliphatic carbocycles. The fourth-order valence-electron chi connectivity index (χ4n) is 1.16. The molecule has 96 valence electrons. The SMILES string of the molecule is NC(=O)CN(CC(N)=O)C(=O)c1cnc(Cl)cn1. The van der Waals surface area contributed by atoms with Crippen molar-refractivity contribution < 1.29 is 14.4 Å². The fourth-order valence-corrected chi connectivity index (χ4v) is 1.26. The van der Waals surface area contributed by atoms with Crippen LogP contribution in [-0.2, 0) is 9.59 Å². The number of carbonyl (C=O) groups excluding carboxylic acids is 3. The van der Waals surface area contributed by atoms with Crippen LogP contribution in [0.15, 0.2) is 12.4 Å². The highest BCUT2D eigenvalue weighted by Crippen LogP contribution is 2.04. The maximum Gasteiger partial charge on any atom is 0.274 e. The van der Waals surface area contributed by atoms with Crippen molar-refractivity contribution >= 4 is 29.3 Å². The van der Waals surface area contributed by atoms with E-state index in [1.165, 1.54) is 6.20 Å². The molecule has 0 aliphatic heterocycles. The molecule has 0 fully saturated rings. The summed E-state index contributed by atoms with van der Waals surface area (Å²) in [5, 5.41) is 0.114. The topological polar surface area (TPSA) is 132 Å². The van der Waals surface area contributed by atoms with Gasteiger partial charge in [-0.05, 0) is 0 Å². The molecule has 18 heavy (non-hydrogen) atoms. The van der Waals surface area contributed by atoms with Gasteiger partial charge in [0.25, 0.3) is 5.91 Å².